The Balaban J connectivity index is 0.000000861. The van der Waals surface area contributed by atoms with E-state index in [2.05, 4.69) is 52.7 Å². The second-order valence-corrected chi connectivity index (χ2v) is 6.64. The van der Waals surface area contributed by atoms with Crippen molar-refractivity contribution in [3.8, 4) is 0 Å². The number of imidazole rings is 1. The zero-order chi connectivity index (χ0) is 14.8. The van der Waals surface area contributed by atoms with Crippen LogP contribution < -0.4 is 0 Å². The van der Waals surface area contributed by atoms with Gasteiger partial charge in [-0.25, -0.2) is 9.97 Å². The van der Waals surface area contributed by atoms with Gasteiger partial charge in [-0.1, -0.05) is 55.4 Å². The van der Waals surface area contributed by atoms with Crippen LogP contribution in [0.3, 0.4) is 0 Å². The van der Waals surface area contributed by atoms with Crippen molar-refractivity contribution in [3.63, 3.8) is 0 Å². The molecule has 0 spiro atoms. The summed E-state index contributed by atoms with van der Waals surface area (Å²) in [5.74, 6) is 0.780. The molecule has 0 saturated carbocycles. The molecule has 2 rings (SSSR count). The number of hydrogen-bond donors (Lipinski definition) is 0. The molecule has 0 amide bonds. The first-order valence-electron chi connectivity index (χ1n) is 7.04. The minimum absolute atomic E-state index is 0.0380. The maximum atomic E-state index is 4.72. The Morgan fingerprint density at radius 1 is 0.947 bits per heavy atom. The van der Waals surface area contributed by atoms with Crippen LogP contribution in [0.5, 0.6) is 0 Å². The van der Waals surface area contributed by atoms with Gasteiger partial charge in [0.2, 0.25) is 5.78 Å². The van der Waals surface area contributed by atoms with Crippen LogP contribution in [-0.4, -0.2) is 14.4 Å². The number of hydrogen-bond acceptors (Lipinski definition) is 2. The predicted octanol–water partition coefficient (Wildman–Crippen LogP) is 4.35. The average molecular weight is 261 g/mol. The first-order valence-corrected chi connectivity index (χ1v) is 7.04. The minimum atomic E-state index is 0.0380. The van der Waals surface area contributed by atoms with Crippen molar-refractivity contribution in [1.29, 1.82) is 0 Å². The summed E-state index contributed by atoms with van der Waals surface area (Å²) in [6.45, 7) is 17.3. The Labute approximate surface area is 117 Å². The lowest BCUT2D eigenvalue weighted by Crippen LogP contribution is -2.24. The highest BCUT2D eigenvalue weighted by atomic mass is 15.1. The van der Waals surface area contributed by atoms with Gasteiger partial charge in [-0.15, -0.1) is 0 Å². The molecule has 19 heavy (non-hydrogen) atoms. The fraction of sp³-hybridized carbons (Fsp3) is 0.625. The molecule has 0 aromatic carbocycles. The molecule has 0 fully saturated rings. The third-order valence-electron chi connectivity index (χ3n) is 2.90. The van der Waals surface area contributed by atoms with Gasteiger partial charge in [0.1, 0.15) is 0 Å². The van der Waals surface area contributed by atoms with E-state index in [0.29, 0.717) is 0 Å². The molecule has 0 radical (unpaired) electrons. The van der Waals surface area contributed by atoms with Crippen molar-refractivity contribution in [2.24, 2.45) is 0 Å². The molecule has 106 valence electrons. The van der Waals surface area contributed by atoms with E-state index in [9.17, 15) is 0 Å². The maximum absolute atomic E-state index is 4.72. The van der Waals surface area contributed by atoms with Gasteiger partial charge < -0.3 is 0 Å². The molecule has 3 nitrogen and oxygen atoms in total. The van der Waals surface area contributed by atoms with Gasteiger partial charge >= 0.3 is 0 Å². The topological polar surface area (TPSA) is 30.2 Å². The van der Waals surface area contributed by atoms with Gasteiger partial charge in [-0.2, -0.15) is 0 Å². The van der Waals surface area contributed by atoms with Crippen LogP contribution in [0.4, 0.5) is 0 Å². The fourth-order valence-electron chi connectivity index (χ4n) is 1.97. The Morgan fingerprint density at radius 3 is 2.00 bits per heavy atom. The van der Waals surface area contributed by atoms with Gasteiger partial charge in [-0.05, 0) is 11.0 Å². The summed E-state index contributed by atoms with van der Waals surface area (Å²) in [6, 6.07) is 0. The molecule has 3 heteroatoms. The molecule has 2 heterocycles. The molecule has 0 unspecified atom stereocenters. The number of fused-ring (bicyclic) bond motifs is 1. The second kappa shape index (κ2) is 5.32. The first kappa shape index (κ1) is 15.7. The van der Waals surface area contributed by atoms with Crippen LogP contribution in [-0.2, 0) is 10.8 Å². The number of aromatic nitrogens is 3. The molecule has 0 saturated heterocycles. The van der Waals surface area contributed by atoms with E-state index in [4.69, 9.17) is 4.98 Å². The lowest BCUT2D eigenvalue weighted by Gasteiger charge is -2.28. The highest BCUT2D eigenvalue weighted by Gasteiger charge is 2.27. The fourth-order valence-corrected chi connectivity index (χ4v) is 1.97. The van der Waals surface area contributed by atoms with Crippen LogP contribution in [0.15, 0.2) is 18.6 Å². The SMILES string of the molecule is CC.CC(C)(C)c1cn2ccnc2nc1C(C)(C)C. The molecule has 0 aliphatic rings. The van der Waals surface area contributed by atoms with E-state index in [1.54, 1.807) is 6.20 Å². The lowest BCUT2D eigenvalue weighted by molar-refractivity contribution is 0.511. The third-order valence-corrected chi connectivity index (χ3v) is 2.90. The standard InChI is InChI=1S/C14H21N3.C2H6/c1-13(2,3)10-9-17-8-7-15-12(17)16-11(10)14(4,5)6;1-2/h7-9H,1-6H3;1-2H3. The van der Waals surface area contributed by atoms with Crippen molar-refractivity contribution >= 4 is 5.78 Å². The minimum Gasteiger partial charge on any atom is -0.291 e. The first-order chi connectivity index (χ1) is 8.69. The van der Waals surface area contributed by atoms with Crippen molar-refractivity contribution in [2.45, 2.75) is 66.2 Å². The molecule has 2 aromatic rings. The van der Waals surface area contributed by atoms with Crippen molar-refractivity contribution in [2.75, 3.05) is 0 Å². The quantitative estimate of drug-likeness (QED) is 0.705. The van der Waals surface area contributed by atoms with E-state index in [1.807, 2.05) is 24.4 Å². The second-order valence-electron chi connectivity index (χ2n) is 6.64. The van der Waals surface area contributed by atoms with E-state index in [0.717, 1.165) is 11.5 Å². The van der Waals surface area contributed by atoms with Crippen LogP contribution in [0.2, 0.25) is 0 Å². The Hall–Kier alpha value is -1.38. The summed E-state index contributed by atoms with van der Waals surface area (Å²) in [5.41, 5.74) is 2.56. The van der Waals surface area contributed by atoms with E-state index in [-0.39, 0.29) is 10.8 Å². The Morgan fingerprint density at radius 2 is 1.53 bits per heavy atom. The molecule has 0 bridgehead atoms. The average Bonchev–Trinajstić information content (AvgIpc) is 2.74. The molecule has 2 aromatic heterocycles. The Bertz CT molecular complexity index is 491. The highest BCUT2D eigenvalue weighted by molar-refractivity contribution is 5.39. The highest BCUT2D eigenvalue weighted by Crippen LogP contribution is 2.32. The summed E-state index contributed by atoms with van der Waals surface area (Å²) in [6.07, 6.45) is 5.90. The lowest BCUT2D eigenvalue weighted by atomic mass is 9.79. The molecule has 0 aliphatic carbocycles. The number of rotatable bonds is 0. The molecule has 0 N–H and O–H groups in total. The van der Waals surface area contributed by atoms with Crippen molar-refractivity contribution < 1.29 is 0 Å². The summed E-state index contributed by atoms with van der Waals surface area (Å²) < 4.78 is 2.00. The predicted molar refractivity (Wildman–Crippen MR) is 81.7 cm³/mol. The van der Waals surface area contributed by atoms with Gasteiger partial charge in [0, 0.05) is 24.0 Å². The molecular formula is C16H27N3. The smallest absolute Gasteiger partial charge is 0.233 e. The summed E-state index contributed by atoms with van der Waals surface area (Å²) in [7, 11) is 0. The molecule has 0 atom stereocenters. The normalized spacial score (nSPS) is 12.2. The zero-order valence-electron chi connectivity index (χ0n) is 13.6. The zero-order valence-corrected chi connectivity index (χ0v) is 13.6. The summed E-state index contributed by atoms with van der Waals surface area (Å²) in [5, 5.41) is 0. The number of nitrogens with zero attached hydrogens (tertiary/aromatic N) is 3. The molecule has 0 aliphatic heterocycles. The third kappa shape index (κ3) is 3.34. The van der Waals surface area contributed by atoms with Crippen LogP contribution in [0.25, 0.3) is 5.78 Å². The van der Waals surface area contributed by atoms with Crippen LogP contribution >= 0.6 is 0 Å². The van der Waals surface area contributed by atoms with E-state index >= 15 is 0 Å². The monoisotopic (exact) mass is 261 g/mol. The molecular weight excluding hydrogens is 234 g/mol. The van der Waals surface area contributed by atoms with Crippen molar-refractivity contribution in [1.82, 2.24) is 14.4 Å². The Kier molecular flexibility index (Phi) is 4.39. The van der Waals surface area contributed by atoms with E-state index < -0.39 is 0 Å². The maximum Gasteiger partial charge on any atom is 0.233 e. The van der Waals surface area contributed by atoms with Crippen LogP contribution in [0, 0.1) is 0 Å². The summed E-state index contributed by atoms with van der Waals surface area (Å²) in [4.78, 5) is 8.99. The van der Waals surface area contributed by atoms with Gasteiger partial charge in [-0.3, -0.25) is 4.40 Å². The van der Waals surface area contributed by atoms with Crippen molar-refractivity contribution in [3.05, 3.63) is 29.8 Å². The van der Waals surface area contributed by atoms with Gasteiger partial charge in [0.25, 0.3) is 0 Å². The van der Waals surface area contributed by atoms with E-state index in [1.165, 1.54) is 5.56 Å². The largest absolute Gasteiger partial charge is 0.291 e. The van der Waals surface area contributed by atoms with Crippen LogP contribution in [0.1, 0.15) is 66.6 Å². The van der Waals surface area contributed by atoms with Gasteiger partial charge in [0.15, 0.2) is 0 Å². The van der Waals surface area contributed by atoms with Gasteiger partial charge in [0.05, 0.1) is 5.69 Å². The summed E-state index contributed by atoms with van der Waals surface area (Å²) >= 11 is 0.